The summed E-state index contributed by atoms with van der Waals surface area (Å²) in [5.74, 6) is -0.198. The zero-order valence-corrected chi connectivity index (χ0v) is 15.9. The van der Waals surface area contributed by atoms with Gasteiger partial charge >= 0.3 is 0 Å². The third-order valence-electron chi connectivity index (χ3n) is 5.36. The maximum Gasteiger partial charge on any atom is 0.280 e. The molecule has 1 aliphatic rings. The van der Waals surface area contributed by atoms with Gasteiger partial charge in [-0.2, -0.15) is 5.10 Å². The average molecular weight is 384 g/mol. The molecule has 0 spiro atoms. The van der Waals surface area contributed by atoms with Crippen LogP contribution in [0, 0.1) is 6.92 Å². The molecule has 3 aromatic rings. The van der Waals surface area contributed by atoms with Crippen LogP contribution < -0.4 is 0 Å². The number of amides is 1. The van der Waals surface area contributed by atoms with E-state index in [1.165, 1.54) is 12.3 Å². The standard InChI is InChI=1S/C21H22F2N4O/c1-13-6-8-15(9-7-13)17-11-18(19(22)23)27-20(25-17)16(12-24-27)21(28)26-10-4-3-5-14(26)2/h6-9,11-12,14,19H,3-5,10H2,1-2H3. The minimum atomic E-state index is -2.73. The van der Waals surface area contributed by atoms with Crippen LogP contribution in [0.3, 0.4) is 0 Å². The van der Waals surface area contributed by atoms with Crippen LogP contribution in [-0.4, -0.2) is 38.0 Å². The van der Waals surface area contributed by atoms with E-state index >= 15 is 0 Å². The quantitative estimate of drug-likeness (QED) is 0.660. The van der Waals surface area contributed by atoms with Gasteiger partial charge in [0.25, 0.3) is 12.3 Å². The van der Waals surface area contributed by atoms with Gasteiger partial charge in [0.2, 0.25) is 0 Å². The fourth-order valence-corrected chi connectivity index (χ4v) is 3.72. The van der Waals surface area contributed by atoms with E-state index in [1.807, 2.05) is 38.1 Å². The van der Waals surface area contributed by atoms with Gasteiger partial charge in [0.15, 0.2) is 5.65 Å². The molecule has 146 valence electrons. The molecule has 0 bridgehead atoms. The van der Waals surface area contributed by atoms with Gasteiger partial charge in [-0.3, -0.25) is 4.79 Å². The Bertz CT molecular complexity index is 1010. The lowest BCUT2D eigenvalue weighted by molar-refractivity contribution is 0.0637. The number of fused-ring (bicyclic) bond motifs is 1. The van der Waals surface area contributed by atoms with Crippen LogP contribution in [0.25, 0.3) is 16.9 Å². The Morgan fingerprint density at radius 1 is 1.21 bits per heavy atom. The van der Waals surface area contributed by atoms with E-state index in [9.17, 15) is 13.6 Å². The van der Waals surface area contributed by atoms with Gasteiger partial charge in [-0.1, -0.05) is 29.8 Å². The number of nitrogens with zero attached hydrogens (tertiary/aromatic N) is 4. The lowest BCUT2D eigenvalue weighted by atomic mass is 10.0. The van der Waals surface area contributed by atoms with Crippen molar-refractivity contribution in [3.8, 4) is 11.3 Å². The largest absolute Gasteiger partial charge is 0.336 e. The maximum absolute atomic E-state index is 13.7. The fraction of sp³-hybridized carbons (Fsp3) is 0.381. The summed E-state index contributed by atoms with van der Waals surface area (Å²) in [5.41, 5.74) is 2.37. The molecule has 0 saturated carbocycles. The molecule has 0 N–H and O–H groups in total. The smallest absolute Gasteiger partial charge is 0.280 e. The summed E-state index contributed by atoms with van der Waals surface area (Å²) >= 11 is 0. The molecule has 5 nitrogen and oxygen atoms in total. The van der Waals surface area contributed by atoms with Gasteiger partial charge in [-0.05, 0) is 39.2 Å². The van der Waals surface area contributed by atoms with Crippen LogP contribution >= 0.6 is 0 Å². The van der Waals surface area contributed by atoms with Crippen LogP contribution in [0.5, 0.6) is 0 Å². The Labute approximate surface area is 162 Å². The molecular weight excluding hydrogens is 362 g/mol. The average Bonchev–Trinajstić information content (AvgIpc) is 3.11. The van der Waals surface area contributed by atoms with E-state index in [2.05, 4.69) is 10.1 Å². The summed E-state index contributed by atoms with van der Waals surface area (Å²) in [4.78, 5) is 19.4. The predicted molar refractivity (Wildman–Crippen MR) is 102 cm³/mol. The van der Waals surface area contributed by atoms with Crippen molar-refractivity contribution in [2.75, 3.05) is 6.54 Å². The van der Waals surface area contributed by atoms with Crippen LogP contribution in [-0.2, 0) is 0 Å². The zero-order valence-electron chi connectivity index (χ0n) is 15.9. The molecule has 0 radical (unpaired) electrons. The molecule has 3 heterocycles. The minimum Gasteiger partial charge on any atom is -0.336 e. The molecule has 2 aromatic heterocycles. The molecule has 1 aliphatic heterocycles. The van der Waals surface area contributed by atoms with Crippen molar-refractivity contribution in [3.05, 3.63) is 53.3 Å². The number of hydrogen-bond donors (Lipinski definition) is 0. The van der Waals surface area contributed by atoms with Crippen molar-refractivity contribution in [2.24, 2.45) is 0 Å². The first kappa shape index (κ1) is 18.5. The second-order valence-electron chi connectivity index (χ2n) is 7.37. The van der Waals surface area contributed by atoms with E-state index in [1.54, 1.807) is 4.90 Å². The summed E-state index contributed by atoms with van der Waals surface area (Å²) in [6, 6.07) is 8.95. The number of likely N-dealkylation sites (tertiary alicyclic amines) is 1. The van der Waals surface area contributed by atoms with Gasteiger partial charge in [-0.25, -0.2) is 18.3 Å². The predicted octanol–water partition coefficient (Wildman–Crippen LogP) is 4.66. The lowest BCUT2D eigenvalue weighted by Gasteiger charge is -2.33. The normalized spacial score (nSPS) is 17.5. The summed E-state index contributed by atoms with van der Waals surface area (Å²) < 4.78 is 28.5. The minimum absolute atomic E-state index is 0.117. The molecule has 1 fully saturated rings. The van der Waals surface area contributed by atoms with Crippen LogP contribution in [0.2, 0.25) is 0 Å². The van der Waals surface area contributed by atoms with Crippen molar-refractivity contribution < 1.29 is 13.6 Å². The molecular formula is C21H22F2N4O. The number of aryl methyl sites for hydroxylation is 1. The zero-order chi connectivity index (χ0) is 19.8. The van der Waals surface area contributed by atoms with E-state index < -0.39 is 6.43 Å². The summed E-state index contributed by atoms with van der Waals surface area (Å²) in [5, 5.41) is 4.06. The van der Waals surface area contributed by atoms with Crippen molar-refractivity contribution >= 4 is 11.6 Å². The number of aromatic nitrogens is 3. The first-order valence-corrected chi connectivity index (χ1v) is 9.50. The Morgan fingerprint density at radius 3 is 2.64 bits per heavy atom. The SMILES string of the molecule is Cc1ccc(-c2cc(C(F)F)n3ncc(C(=O)N4CCCCC4C)c3n2)cc1. The molecule has 28 heavy (non-hydrogen) atoms. The van der Waals surface area contributed by atoms with E-state index in [-0.39, 0.29) is 28.9 Å². The fourth-order valence-electron chi connectivity index (χ4n) is 3.72. The second kappa shape index (κ2) is 7.30. The molecule has 4 rings (SSSR count). The maximum atomic E-state index is 13.7. The van der Waals surface area contributed by atoms with Gasteiger partial charge in [-0.15, -0.1) is 0 Å². The number of benzene rings is 1. The Morgan fingerprint density at radius 2 is 1.96 bits per heavy atom. The van der Waals surface area contributed by atoms with E-state index in [4.69, 9.17) is 0 Å². The van der Waals surface area contributed by atoms with Gasteiger partial charge in [0, 0.05) is 18.2 Å². The molecule has 7 heteroatoms. The number of rotatable bonds is 3. The Balaban J connectivity index is 1.84. The number of hydrogen-bond acceptors (Lipinski definition) is 3. The molecule has 1 atom stereocenters. The molecule has 1 aromatic carbocycles. The van der Waals surface area contributed by atoms with Gasteiger partial charge < -0.3 is 4.90 Å². The topological polar surface area (TPSA) is 50.5 Å². The Hall–Kier alpha value is -2.83. The highest BCUT2D eigenvalue weighted by atomic mass is 19.3. The van der Waals surface area contributed by atoms with Crippen molar-refractivity contribution in [1.29, 1.82) is 0 Å². The highest BCUT2D eigenvalue weighted by molar-refractivity contribution is 6.00. The highest BCUT2D eigenvalue weighted by Crippen LogP contribution is 2.28. The second-order valence-corrected chi connectivity index (χ2v) is 7.37. The van der Waals surface area contributed by atoms with Crippen LogP contribution in [0.15, 0.2) is 36.5 Å². The first-order valence-electron chi connectivity index (χ1n) is 9.50. The monoisotopic (exact) mass is 384 g/mol. The number of carbonyl (C=O) groups excluding carboxylic acids is 1. The van der Waals surface area contributed by atoms with E-state index in [0.717, 1.165) is 34.9 Å². The van der Waals surface area contributed by atoms with Crippen LogP contribution in [0.4, 0.5) is 8.78 Å². The summed E-state index contributed by atoms with van der Waals surface area (Å²) in [6.45, 7) is 4.63. The Kier molecular flexibility index (Phi) is 4.83. The van der Waals surface area contributed by atoms with Crippen LogP contribution in [0.1, 0.15) is 54.2 Å². The van der Waals surface area contributed by atoms with Gasteiger partial charge in [0.1, 0.15) is 11.3 Å². The number of piperidine rings is 1. The number of halogens is 2. The molecule has 0 aliphatic carbocycles. The number of alkyl halides is 2. The summed E-state index contributed by atoms with van der Waals surface area (Å²) in [6.07, 6.45) is 1.60. The third-order valence-corrected chi connectivity index (χ3v) is 5.36. The third kappa shape index (κ3) is 3.25. The van der Waals surface area contributed by atoms with Gasteiger partial charge in [0.05, 0.1) is 11.9 Å². The summed E-state index contributed by atoms with van der Waals surface area (Å²) in [7, 11) is 0. The number of carbonyl (C=O) groups is 1. The van der Waals surface area contributed by atoms with Crippen molar-refractivity contribution in [1.82, 2.24) is 19.5 Å². The van der Waals surface area contributed by atoms with Crippen molar-refractivity contribution in [2.45, 2.75) is 45.6 Å². The lowest BCUT2D eigenvalue weighted by Crippen LogP contribution is -2.42. The highest BCUT2D eigenvalue weighted by Gasteiger charge is 2.28. The molecule has 1 amide bonds. The molecule has 1 saturated heterocycles. The van der Waals surface area contributed by atoms with E-state index in [0.29, 0.717) is 12.2 Å². The molecule has 1 unspecified atom stereocenters. The first-order chi connectivity index (χ1) is 13.5. The van der Waals surface area contributed by atoms with Crippen molar-refractivity contribution in [3.63, 3.8) is 0 Å².